The SMILES string of the molecule is OCc1cnnn1C1CCCCC1O. The van der Waals surface area contributed by atoms with Gasteiger partial charge in [0.25, 0.3) is 0 Å². The molecule has 2 atom stereocenters. The maximum absolute atomic E-state index is 9.79. The average Bonchev–Trinajstić information content (AvgIpc) is 2.66. The summed E-state index contributed by atoms with van der Waals surface area (Å²) in [7, 11) is 0. The number of hydrogen-bond acceptors (Lipinski definition) is 4. The fraction of sp³-hybridized carbons (Fsp3) is 0.778. The van der Waals surface area contributed by atoms with Crippen LogP contribution in [0.3, 0.4) is 0 Å². The molecule has 0 spiro atoms. The summed E-state index contributed by atoms with van der Waals surface area (Å²) in [5.74, 6) is 0. The van der Waals surface area contributed by atoms with Gasteiger partial charge in [0.1, 0.15) is 0 Å². The van der Waals surface area contributed by atoms with E-state index in [9.17, 15) is 5.11 Å². The molecule has 5 nitrogen and oxygen atoms in total. The number of rotatable bonds is 2. The lowest BCUT2D eigenvalue weighted by Crippen LogP contribution is -2.29. The minimum absolute atomic E-state index is 0.00611. The topological polar surface area (TPSA) is 71.2 Å². The van der Waals surface area contributed by atoms with Gasteiger partial charge in [-0.05, 0) is 12.8 Å². The monoisotopic (exact) mass is 197 g/mol. The predicted octanol–water partition coefficient (Wildman–Crippen LogP) is 0.246. The van der Waals surface area contributed by atoms with Crippen LogP contribution in [0, 0.1) is 0 Å². The molecule has 1 aliphatic carbocycles. The molecule has 0 radical (unpaired) electrons. The van der Waals surface area contributed by atoms with Crippen LogP contribution in [0.15, 0.2) is 6.20 Å². The Balaban J connectivity index is 2.20. The summed E-state index contributed by atoms with van der Waals surface area (Å²) in [5, 5.41) is 26.5. The Kier molecular flexibility index (Phi) is 2.79. The molecular formula is C9H15N3O2. The first-order valence-corrected chi connectivity index (χ1v) is 5.01. The second-order valence-electron chi connectivity index (χ2n) is 3.75. The predicted molar refractivity (Wildman–Crippen MR) is 49.5 cm³/mol. The van der Waals surface area contributed by atoms with E-state index >= 15 is 0 Å². The van der Waals surface area contributed by atoms with E-state index in [0.29, 0.717) is 5.69 Å². The maximum atomic E-state index is 9.79. The fourth-order valence-corrected chi connectivity index (χ4v) is 2.03. The molecule has 1 aromatic heterocycles. The molecule has 1 heterocycles. The molecule has 0 saturated heterocycles. The summed E-state index contributed by atoms with van der Waals surface area (Å²) in [6, 6.07) is -0.00611. The van der Waals surface area contributed by atoms with Crippen LogP contribution < -0.4 is 0 Å². The zero-order chi connectivity index (χ0) is 9.97. The van der Waals surface area contributed by atoms with Crippen molar-refractivity contribution < 1.29 is 10.2 Å². The van der Waals surface area contributed by atoms with E-state index in [4.69, 9.17) is 5.11 Å². The van der Waals surface area contributed by atoms with Crippen LogP contribution in [0.1, 0.15) is 37.4 Å². The molecule has 0 aliphatic heterocycles. The third-order valence-corrected chi connectivity index (χ3v) is 2.82. The Hall–Kier alpha value is -0.940. The molecule has 14 heavy (non-hydrogen) atoms. The Morgan fingerprint density at radius 3 is 2.93 bits per heavy atom. The Morgan fingerprint density at radius 1 is 1.43 bits per heavy atom. The quantitative estimate of drug-likeness (QED) is 0.712. The molecule has 0 bridgehead atoms. The lowest BCUT2D eigenvalue weighted by Gasteiger charge is -2.28. The lowest BCUT2D eigenvalue weighted by molar-refractivity contribution is 0.0648. The molecule has 1 fully saturated rings. The van der Waals surface area contributed by atoms with Gasteiger partial charge in [-0.2, -0.15) is 0 Å². The highest BCUT2D eigenvalue weighted by atomic mass is 16.3. The molecule has 78 valence electrons. The molecule has 2 unspecified atom stereocenters. The van der Waals surface area contributed by atoms with Gasteiger partial charge in [-0.25, -0.2) is 4.68 Å². The molecule has 2 rings (SSSR count). The molecule has 1 aliphatic rings. The van der Waals surface area contributed by atoms with Crippen LogP contribution in [0.2, 0.25) is 0 Å². The van der Waals surface area contributed by atoms with E-state index in [0.717, 1.165) is 25.7 Å². The van der Waals surface area contributed by atoms with E-state index in [1.54, 1.807) is 10.9 Å². The van der Waals surface area contributed by atoms with Crippen molar-refractivity contribution in [1.29, 1.82) is 0 Å². The second-order valence-corrected chi connectivity index (χ2v) is 3.75. The molecule has 0 aromatic carbocycles. The van der Waals surface area contributed by atoms with Gasteiger partial charge in [-0.1, -0.05) is 18.1 Å². The number of hydrogen-bond donors (Lipinski definition) is 2. The van der Waals surface area contributed by atoms with E-state index < -0.39 is 0 Å². The Labute approximate surface area is 82.4 Å². The second kappa shape index (κ2) is 4.06. The summed E-state index contributed by atoms with van der Waals surface area (Å²) in [5.41, 5.74) is 0.677. The van der Waals surface area contributed by atoms with Gasteiger partial charge in [-0.3, -0.25) is 0 Å². The van der Waals surface area contributed by atoms with Gasteiger partial charge >= 0.3 is 0 Å². The zero-order valence-electron chi connectivity index (χ0n) is 8.00. The summed E-state index contributed by atoms with van der Waals surface area (Å²) >= 11 is 0. The summed E-state index contributed by atoms with van der Waals surface area (Å²) in [6.07, 6.45) is 5.09. The van der Waals surface area contributed by atoms with Gasteiger partial charge in [0.15, 0.2) is 0 Å². The first kappa shape index (κ1) is 9.61. The molecule has 2 N–H and O–H groups in total. The van der Waals surface area contributed by atoms with Crippen molar-refractivity contribution in [3.05, 3.63) is 11.9 Å². The van der Waals surface area contributed by atoms with E-state index in [1.165, 1.54) is 0 Å². The van der Waals surface area contributed by atoms with Crippen LogP contribution in [0.25, 0.3) is 0 Å². The van der Waals surface area contributed by atoms with Gasteiger partial charge in [0.2, 0.25) is 0 Å². The summed E-state index contributed by atoms with van der Waals surface area (Å²) in [4.78, 5) is 0. The first-order chi connectivity index (χ1) is 6.83. The molecule has 1 aromatic rings. The van der Waals surface area contributed by atoms with Crippen LogP contribution in [0.4, 0.5) is 0 Å². The molecule has 1 saturated carbocycles. The average molecular weight is 197 g/mol. The third kappa shape index (κ3) is 1.65. The van der Waals surface area contributed by atoms with Crippen molar-refractivity contribution in [2.75, 3.05) is 0 Å². The lowest BCUT2D eigenvalue weighted by atomic mass is 9.92. The van der Waals surface area contributed by atoms with E-state index in [-0.39, 0.29) is 18.8 Å². The van der Waals surface area contributed by atoms with Crippen molar-refractivity contribution in [2.24, 2.45) is 0 Å². The van der Waals surface area contributed by atoms with Crippen molar-refractivity contribution >= 4 is 0 Å². The first-order valence-electron chi connectivity index (χ1n) is 5.01. The van der Waals surface area contributed by atoms with Crippen molar-refractivity contribution in [3.8, 4) is 0 Å². The minimum Gasteiger partial charge on any atom is -0.391 e. The van der Waals surface area contributed by atoms with Gasteiger partial charge in [0.05, 0.1) is 30.6 Å². The van der Waals surface area contributed by atoms with Crippen molar-refractivity contribution in [3.63, 3.8) is 0 Å². The highest BCUT2D eigenvalue weighted by Crippen LogP contribution is 2.28. The van der Waals surface area contributed by atoms with Gasteiger partial charge < -0.3 is 10.2 Å². The fourth-order valence-electron chi connectivity index (χ4n) is 2.03. The van der Waals surface area contributed by atoms with Gasteiger partial charge in [0, 0.05) is 0 Å². The normalized spacial score (nSPS) is 27.9. The summed E-state index contributed by atoms with van der Waals surface area (Å²) in [6.45, 7) is -0.0732. The number of aromatic nitrogens is 3. The van der Waals surface area contributed by atoms with Crippen LogP contribution in [-0.2, 0) is 6.61 Å². The standard InChI is InChI=1S/C9H15N3O2/c13-6-7-5-10-11-12(7)8-3-1-2-4-9(8)14/h5,8-9,13-14H,1-4,6H2. The van der Waals surface area contributed by atoms with Gasteiger partial charge in [-0.15, -0.1) is 5.10 Å². The van der Waals surface area contributed by atoms with E-state index in [1.807, 2.05) is 0 Å². The Bertz CT molecular complexity index is 300. The summed E-state index contributed by atoms with van der Waals surface area (Å²) < 4.78 is 1.66. The Morgan fingerprint density at radius 2 is 2.21 bits per heavy atom. The third-order valence-electron chi connectivity index (χ3n) is 2.82. The van der Waals surface area contributed by atoms with Crippen molar-refractivity contribution in [2.45, 2.75) is 44.4 Å². The van der Waals surface area contributed by atoms with Crippen LogP contribution in [0.5, 0.6) is 0 Å². The zero-order valence-corrected chi connectivity index (χ0v) is 8.00. The smallest absolute Gasteiger partial charge is 0.0866 e. The number of nitrogens with zero attached hydrogens (tertiary/aromatic N) is 3. The molecular weight excluding hydrogens is 182 g/mol. The molecule has 0 amide bonds. The number of aliphatic hydroxyl groups excluding tert-OH is 2. The van der Waals surface area contributed by atoms with Crippen molar-refractivity contribution in [1.82, 2.24) is 15.0 Å². The largest absolute Gasteiger partial charge is 0.391 e. The molecule has 5 heteroatoms. The van der Waals surface area contributed by atoms with Crippen LogP contribution >= 0.6 is 0 Å². The highest BCUT2D eigenvalue weighted by Gasteiger charge is 2.26. The maximum Gasteiger partial charge on any atom is 0.0866 e. The van der Waals surface area contributed by atoms with Crippen LogP contribution in [-0.4, -0.2) is 31.3 Å². The number of aliphatic hydroxyl groups is 2. The van der Waals surface area contributed by atoms with E-state index in [2.05, 4.69) is 10.3 Å². The minimum atomic E-state index is -0.351. The highest BCUT2D eigenvalue weighted by molar-refractivity contribution is 4.95.